The van der Waals surface area contributed by atoms with E-state index in [-0.39, 0.29) is 17.8 Å². The molecule has 1 amide bonds. The lowest BCUT2D eigenvalue weighted by Crippen LogP contribution is -2.21. The monoisotopic (exact) mass is 231 g/mol. The van der Waals surface area contributed by atoms with Crippen molar-refractivity contribution in [1.82, 2.24) is 20.6 Å². The molecule has 0 aliphatic heterocycles. The molecule has 1 aromatic heterocycles. The number of carbonyl (C=O) groups is 1. The summed E-state index contributed by atoms with van der Waals surface area (Å²) in [5.41, 5.74) is 0.982. The summed E-state index contributed by atoms with van der Waals surface area (Å²) in [5.74, 6) is -0.126. The fourth-order valence-corrected chi connectivity index (χ4v) is 1.67. The summed E-state index contributed by atoms with van der Waals surface area (Å²) in [6.07, 6.45) is 0.716. The number of hydrogen-bond acceptors (Lipinski definition) is 4. The Labute approximate surface area is 98.4 Å². The van der Waals surface area contributed by atoms with Crippen molar-refractivity contribution < 1.29 is 4.79 Å². The molecular weight excluding hydrogens is 218 g/mol. The second kappa shape index (κ2) is 5.20. The summed E-state index contributed by atoms with van der Waals surface area (Å²) in [4.78, 5) is 12.0. The Balaban J connectivity index is 2.11. The van der Waals surface area contributed by atoms with Crippen LogP contribution in [0.15, 0.2) is 30.3 Å². The van der Waals surface area contributed by atoms with Gasteiger partial charge in [-0.15, -0.1) is 5.10 Å². The minimum Gasteiger partial charge on any atom is -0.291 e. The molecule has 0 aliphatic rings. The van der Waals surface area contributed by atoms with Crippen LogP contribution in [0.3, 0.4) is 0 Å². The first-order chi connectivity index (χ1) is 8.31. The average Bonchev–Trinajstić information content (AvgIpc) is 2.84. The predicted molar refractivity (Wildman–Crippen MR) is 62.3 cm³/mol. The number of carbonyl (C=O) groups excluding carboxylic acids is 1. The van der Waals surface area contributed by atoms with E-state index in [4.69, 9.17) is 0 Å². The van der Waals surface area contributed by atoms with Gasteiger partial charge < -0.3 is 0 Å². The van der Waals surface area contributed by atoms with E-state index in [0.29, 0.717) is 6.42 Å². The second-order valence-electron chi connectivity index (χ2n) is 3.60. The summed E-state index contributed by atoms with van der Waals surface area (Å²) in [6.45, 7) is 1.97. The standard InChI is InChI=1S/C11H13N5O/c1-2-9(8-6-4-3-5-7-8)10(17)12-11-13-15-16-14-11/h3-7,9H,2H2,1H3,(H2,12,13,14,15,16,17). The Hall–Kier alpha value is -2.24. The van der Waals surface area contributed by atoms with E-state index >= 15 is 0 Å². The van der Waals surface area contributed by atoms with Gasteiger partial charge in [-0.25, -0.2) is 0 Å². The Morgan fingerprint density at radius 1 is 1.41 bits per heavy atom. The van der Waals surface area contributed by atoms with Gasteiger partial charge >= 0.3 is 0 Å². The first kappa shape index (κ1) is 11.3. The smallest absolute Gasteiger partial charge is 0.269 e. The van der Waals surface area contributed by atoms with Crippen LogP contribution in [0.1, 0.15) is 24.8 Å². The maximum atomic E-state index is 12.0. The van der Waals surface area contributed by atoms with Gasteiger partial charge in [-0.05, 0) is 17.2 Å². The Bertz CT molecular complexity index is 468. The largest absolute Gasteiger partial charge is 0.291 e. The summed E-state index contributed by atoms with van der Waals surface area (Å²) in [6, 6.07) is 9.63. The average molecular weight is 231 g/mol. The lowest BCUT2D eigenvalue weighted by Gasteiger charge is -2.13. The highest BCUT2D eigenvalue weighted by atomic mass is 16.2. The van der Waals surface area contributed by atoms with E-state index in [0.717, 1.165) is 5.56 Å². The van der Waals surface area contributed by atoms with Crippen LogP contribution in [0.4, 0.5) is 5.95 Å². The van der Waals surface area contributed by atoms with Crippen LogP contribution < -0.4 is 5.32 Å². The molecule has 0 fully saturated rings. The predicted octanol–water partition coefficient (Wildman–Crippen LogP) is 1.33. The van der Waals surface area contributed by atoms with E-state index < -0.39 is 0 Å². The van der Waals surface area contributed by atoms with Crippen molar-refractivity contribution in [3.63, 3.8) is 0 Å². The molecule has 0 saturated heterocycles. The molecule has 2 N–H and O–H groups in total. The van der Waals surface area contributed by atoms with Gasteiger partial charge in [0.25, 0.3) is 5.95 Å². The van der Waals surface area contributed by atoms with Crippen molar-refractivity contribution in [2.45, 2.75) is 19.3 Å². The molecule has 0 spiro atoms. The molecule has 2 aromatic rings. The number of aromatic amines is 1. The zero-order chi connectivity index (χ0) is 12.1. The number of anilines is 1. The molecular formula is C11H13N5O. The van der Waals surface area contributed by atoms with E-state index in [1.54, 1.807) is 0 Å². The van der Waals surface area contributed by atoms with Crippen LogP contribution in [0, 0.1) is 0 Å². The Kier molecular flexibility index (Phi) is 3.44. The highest BCUT2D eigenvalue weighted by molar-refractivity contribution is 5.94. The molecule has 1 aromatic carbocycles. The summed E-state index contributed by atoms with van der Waals surface area (Å²) < 4.78 is 0. The first-order valence-corrected chi connectivity index (χ1v) is 5.40. The van der Waals surface area contributed by atoms with Crippen LogP contribution in [-0.4, -0.2) is 26.5 Å². The highest BCUT2D eigenvalue weighted by Crippen LogP contribution is 2.20. The lowest BCUT2D eigenvalue weighted by atomic mass is 9.96. The third-order valence-electron chi connectivity index (χ3n) is 2.51. The second-order valence-corrected chi connectivity index (χ2v) is 3.60. The summed E-state index contributed by atoms with van der Waals surface area (Å²) in [7, 11) is 0. The number of nitrogens with zero attached hydrogens (tertiary/aromatic N) is 3. The SMILES string of the molecule is CCC(C(=O)Nc1nn[nH]n1)c1ccccc1. The number of hydrogen-bond donors (Lipinski definition) is 2. The van der Waals surface area contributed by atoms with Gasteiger partial charge in [0.2, 0.25) is 5.91 Å². The van der Waals surface area contributed by atoms with Crippen LogP contribution >= 0.6 is 0 Å². The van der Waals surface area contributed by atoms with E-state index in [1.165, 1.54) is 0 Å². The number of nitrogens with one attached hydrogen (secondary N) is 2. The van der Waals surface area contributed by atoms with Crippen LogP contribution in [-0.2, 0) is 4.79 Å². The normalized spacial score (nSPS) is 12.1. The number of amides is 1. The summed E-state index contributed by atoms with van der Waals surface area (Å²) in [5, 5.41) is 15.7. The van der Waals surface area contributed by atoms with Gasteiger partial charge in [0.15, 0.2) is 0 Å². The molecule has 1 atom stereocenters. The molecule has 6 nitrogen and oxygen atoms in total. The van der Waals surface area contributed by atoms with E-state index in [1.807, 2.05) is 37.3 Å². The fourth-order valence-electron chi connectivity index (χ4n) is 1.67. The van der Waals surface area contributed by atoms with E-state index in [2.05, 4.69) is 25.9 Å². The zero-order valence-corrected chi connectivity index (χ0v) is 9.42. The number of H-pyrrole nitrogens is 1. The molecule has 1 heterocycles. The van der Waals surface area contributed by atoms with E-state index in [9.17, 15) is 4.79 Å². The number of benzene rings is 1. The number of tetrazole rings is 1. The zero-order valence-electron chi connectivity index (χ0n) is 9.42. The first-order valence-electron chi connectivity index (χ1n) is 5.40. The fraction of sp³-hybridized carbons (Fsp3) is 0.273. The third kappa shape index (κ3) is 2.66. The van der Waals surface area contributed by atoms with Crippen molar-refractivity contribution in [3.05, 3.63) is 35.9 Å². The maximum absolute atomic E-state index is 12.0. The van der Waals surface area contributed by atoms with Crippen molar-refractivity contribution in [2.75, 3.05) is 5.32 Å². The molecule has 0 saturated carbocycles. The van der Waals surface area contributed by atoms with Crippen molar-refractivity contribution in [3.8, 4) is 0 Å². The Morgan fingerprint density at radius 2 is 2.18 bits per heavy atom. The van der Waals surface area contributed by atoms with Crippen molar-refractivity contribution in [1.29, 1.82) is 0 Å². The lowest BCUT2D eigenvalue weighted by molar-refractivity contribution is -0.117. The number of rotatable bonds is 4. The van der Waals surface area contributed by atoms with Crippen LogP contribution in [0.25, 0.3) is 0 Å². The van der Waals surface area contributed by atoms with Gasteiger partial charge in [0.05, 0.1) is 5.92 Å². The molecule has 0 aliphatic carbocycles. The topological polar surface area (TPSA) is 83.6 Å². The third-order valence-corrected chi connectivity index (χ3v) is 2.51. The minimum absolute atomic E-state index is 0.125. The van der Waals surface area contributed by atoms with Gasteiger partial charge in [-0.3, -0.25) is 10.1 Å². The molecule has 0 bridgehead atoms. The molecule has 0 radical (unpaired) electrons. The van der Waals surface area contributed by atoms with Gasteiger partial charge in [-0.1, -0.05) is 42.4 Å². The Morgan fingerprint density at radius 3 is 2.76 bits per heavy atom. The minimum atomic E-state index is -0.199. The number of aromatic nitrogens is 4. The molecule has 17 heavy (non-hydrogen) atoms. The molecule has 88 valence electrons. The van der Waals surface area contributed by atoms with Gasteiger partial charge in [0.1, 0.15) is 0 Å². The van der Waals surface area contributed by atoms with Crippen molar-refractivity contribution in [2.24, 2.45) is 0 Å². The molecule has 6 heteroatoms. The van der Waals surface area contributed by atoms with Gasteiger partial charge in [0, 0.05) is 0 Å². The maximum Gasteiger partial charge on any atom is 0.269 e. The van der Waals surface area contributed by atoms with Crippen molar-refractivity contribution >= 4 is 11.9 Å². The quantitative estimate of drug-likeness (QED) is 0.831. The van der Waals surface area contributed by atoms with Crippen LogP contribution in [0.2, 0.25) is 0 Å². The molecule has 1 unspecified atom stereocenters. The molecule has 2 rings (SSSR count). The van der Waals surface area contributed by atoms with Gasteiger partial charge in [-0.2, -0.15) is 5.21 Å². The summed E-state index contributed by atoms with van der Waals surface area (Å²) >= 11 is 0. The van der Waals surface area contributed by atoms with Crippen LogP contribution in [0.5, 0.6) is 0 Å². The highest BCUT2D eigenvalue weighted by Gasteiger charge is 2.19.